The zero-order chi connectivity index (χ0) is 13.3. The smallest absolute Gasteiger partial charge is 0.0988 e. The summed E-state index contributed by atoms with van der Waals surface area (Å²) in [5, 5.41) is 3.25. The summed E-state index contributed by atoms with van der Waals surface area (Å²) in [7, 11) is 0. The van der Waals surface area contributed by atoms with Gasteiger partial charge in [-0.15, -0.1) is 11.3 Å². The van der Waals surface area contributed by atoms with Crippen molar-refractivity contribution in [2.24, 2.45) is 0 Å². The average molecular weight is 261 g/mol. The zero-order valence-electron chi connectivity index (χ0n) is 11.3. The second-order valence-corrected chi connectivity index (χ2v) is 6.53. The van der Waals surface area contributed by atoms with Gasteiger partial charge in [-0.3, -0.25) is 4.98 Å². The van der Waals surface area contributed by atoms with Gasteiger partial charge in [0.25, 0.3) is 0 Å². The van der Waals surface area contributed by atoms with E-state index in [9.17, 15) is 0 Å². The van der Waals surface area contributed by atoms with E-state index in [1.807, 2.05) is 13.0 Å². The van der Waals surface area contributed by atoms with Crippen LogP contribution in [0, 0.1) is 6.92 Å². The predicted molar refractivity (Wildman–Crippen MR) is 77.0 cm³/mol. The van der Waals surface area contributed by atoms with Crippen LogP contribution in [-0.2, 0) is 11.8 Å². The van der Waals surface area contributed by atoms with Gasteiger partial charge in [-0.05, 0) is 18.6 Å². The Morgan fingerprint density at radius 3 is 2.61 bits per heavy atom. The minimum Gasteiger partial charge on any atom is -0.397 e. The van der Waals surface area contributed by atoms with Gasteiger partial charge in [0.2, 0.25) is 0 Å². The fraction of sp³-hybridized carbons (Fsp3) is 0.429. The Morgan fingerprint density at radius 2 is 2.06 bits per heavy atom. The third-order valence-corrected chi connectivity index (χ3v) is 3.70. The van der Waals surface area contributed by atoms with E-state index in [4.69, 9.17) is 5.73 Å². The van der Waals surface area contributed by atoms with Gasteiger partial charge in [0.05, 0.1) is 28.3 Å². The molecular formula is C14H19N3S. The molecule has 0 saturated heterocycles. The highest BCUT2D eigenvalue weighted by atomic mass is 32.1. The van der Waals surface area contributed by atoms with Gasteiger partial charge in [-0.2, -0.15) is 0 Å². The Labute approximate surface area is 112 Å². The summed E-state index contributed by atoms with van der Waals surface area (Å²) in [5.74, 6) is 0. The van der Waals surface area contributed by atoms with Crippen LogP contribution in [0.15, 0.2) is 17.6 Å². The lowest BCUT2D eigenvalue weighted by Crippen LogP contribution is -2.11. The second kappa shape index (κ2) is 4.69. The highest BCUT2D eigenvalue weighted by Crippen LogP contribution is 2.25. The Bertz CT molecular complexity index is 552. The van der Waals surface area contributed by atoms with Gasteiger partial charge in [0, 0.05) is 17.2 Å². The van der Waals surface area contributed by atoms with Crippen molar-refractivity contribution in [3.8, 4) is 0 Å². The number of anilines is 1. The molecule has 0 aliphatic rings. The number of aromatic nitrogens is 2. The molecule has 96 valence electrons. The molecule has 0 saturated carbocycles. The van der Waals surface area contributed by atoms with Gasteiger partial charge >= 0.3 is 0 Å². The molecule has 0 radical (unpaired) electrons. The van der Waals surface area contributed by atoms with Crippen LogP contribution < -0.4 is 5.73 Å². The predicted octanol–water partition coefficient (Wildman–Crippen LogP) is 3.32. The molecule has 2 heterocycles. The first-order valence-corrected chi connectivity index (χ1v) is 6.90. The fourth-order valence-electron chi connectivity index (χ4n) is 1.69. The number of aryl methyl sites for hydroxylation is 1. The van der Waals surface area contributed by atoms with Crippen LogP contribution in [0.2, 0.25) is 0 Å². The molecule has 0 fully saturated rings. The fourth-order valence-corrected chi connectivity index (χ4v) is 2.71. The number of hydrogen-bond donors (Lipinski definition) is 1. The van der Waals surface area contributed by atoms with Crippen LogP contribution in [0.1, 0.15) is 42.7 Å². The third kappa shape index (κ3) is 2.88. The monoisotopic (exact) mass is 261 g/mol. The molecule has 0 atom stereocenters. The van der Waals surface area contributed by atoms with Crippen molar-refractivity contribution in [2.75, 3.05) is 5.73 Å². The number of nitrogen functional groups attached to an aromatic ring is 1. The molecule has 0 aromatic carbocycles. The number of nitrogens with zero attached hydrogens (tertiary/aromatic N) is 2. The molecular weight excluding hydrogens is 242 g/mol. The van der Waals surface area contributed by atoms with Crippen LogP contribution in [-0.4, -0.2) is 9.97 Å². The number of hydrogen-bond acceptors (Lipinski definition) is 4. The summed E-state index contributed by atoms with van der Waals surface area (Å²) in [6.07, 6.45) is 2.49. The maximum Gasteiger partial charge on any atom is 0.0988 e. The van der Waals surface area contributed by atoms with E-state index in [1.54, 1.807) is 17.5 Å². The lowest BCUT2D eigenvalue weighted by Gasteiger charge is -2.14. The molecule has 3 nitrogen and oxygen atoms in total. The Morgan fingerprint density at radius 1 is 1.33 bits per heavy atom. The quantitative estimate of drug-likeness (QED) is 0.902. The van der Waals surface area contributed by atoms with Crippen molar-refractivity contribution in [1.29, 1.82) is 0 Å². The van der Waals surface area contributed by atoms with E-state index >= 15 is 0 Å². The molecule has 18 heavy (non-hydrogen) atoms. The van der Waals surface area contributed by atoms with E-state index < -0.39 is 0 Å². The molecule has 0 aliphatic carbocycles. The van der Waals surface area contributed by atoms with Gasteiger partial charge in [-0.25, -0.2) is 4.98 Å². The first kappa shape index (κ1) is 13.0. The zero-order valence-corrected chi connectivity index (χ0v) is 12.1. The van der Waals surface area contributed by atoms with Crippen LogP contribution in [0.25, 0.3) is 0 Å². The minimum atomic E-state index is 0.109. The molecule has 2 aromatic heterocycles. The van der Waals surface area contributed by atoms with Crippen LogP contribution in [0.5, 0.6) is 0 Å². The van der Waals surface area contributed by atoms with Gasteiger partial charge in [0.15, 0.2) is 0 Å². The molecule has 0 amide bonds. The number of rotatable bonds is 2. The number of nitrogens with two attached hydrogens (primary N) is 1. The van der Waals surface area contributed by atoms with Crippen molar-refractivity contribution >= 4 is 17.0 Å². The van der Waals surface area contributed by atoms with E-state index in [0.717, 1.165) is 28.4 Å². The van der Waals surface area contributed by atoms with E-state index in [1.165, 1.54) is 0 Å². The Balaban J connectivity index is 2.21. The van der Waals surface area contributed by atoms with Gasteiger partial charge in [0.1, 0.15) is 0 Å². The van der Waals surface area contributed by atoms with Crippen LogP contribution in [0.4, 0.5) is 5.69 Å². The van der Waals surface area contributed by atoms with Crippen molar-refractivity contribution < 1.29 is 0 Å². The minimum absolute atomic E-state index is 0.109. The van der Waals surface area contributed by atoms with E-state index in [0.29, 0.717) is 5.69 Å². The van der Waals surface area contributed by atoms with Crippen molar-refractivity contribution in [3.63, 3.8) is 0 Å². The summed E-state index contributed by atoms with van der Waals surface area (Å²) in [6.45, 7) is 8.58. The molecule has 0 spiro atoms. The molecule has 0 bridgehead atoms. The molecule has 4 heteroatoms. The topological polar surface area (TPSA) is 51.8 Å². The Kier molecular flexibility index (Phi) is 3.39. The normalized spacial score (nSPS) is 11.8. The van der Waals surface area contributed by atoms with Gasteiger partial charge < -0.3 is 5.73 Å². The van der Waals surface area contributed by atoms with Crippen molar-refractivity contribution in [3.05, 3.63) is 39.6 Å². The maximum absolute atomic E-state index is 5.71. The summed E-state index contributed by atoms with van der Waals surface area (Å²) in [5.41, 5.74) is 9.86. The summed E-state index contributed by atoms with van der Waals surface area (Å²) >= 11 is 1.70. The molecule has 2 rings (SSSR count). The number of pyridine rings is 1. The molecule has 0 unspecified atom stereocenters. The molecule has 0 aliphatic heterocycles. The lowest BCUT2D eigenvalue weighted by atomic mass is 9.93. The summed E-state index contributed by atoms with van der Waals surface area (Å²) < 4.78 is 0. The largest absolute Gasteiger partial charge is 0.397 e. The van der Waals surface area contributed by atoms with E-state index in [-0.39, 0.29) is 5.41 Å². The van der Waals surface area contributed by atoms with Gasteiger partial charge in [-0.1, -0.05) is 20.8 Å². The van der Waals surface area contributed by atoms with Crippen LogP contribution >= 0.6 is 11.3 Å². The highest BCUT2D eigenvalue weighted by molar-refractivity contribution is 7.09. The first-order valence-electron chi connectivity index (χ1n) is 6.02. The average Bonchev–Trinajstić information content (AvgIpc) is 2.70. The second-order valence-electron chi connectivity index (χ2n) is 5.59. The summed E-state index contributed by atoms with van der Waals surface area (Å²) in [4.78, 5) is 9.07. The summed E-state index contributed by atoms with van der Waals surface area (Å²) in [6, 6.07) is 1.96. The highest BCUT2D eigenvalue weighted by Gasteiger charge is 2.17. The van der Waals surface area contributed by atoms with Crippen LogP contribution in [0.3, 0.4) is 0 Å². The maximum atomic E-state index is 5.71. The van der Waals surface area contributed by atoms with Crippen molar-refractivity contribution in [1.82, 2.24) is 9.97 Å². The third-order valence-electron chi connectivity index (χ3n) is 2.85. The lowest BCUT2D eigenvalue weighted by molar-refractivity contribution is 0.571. The Hall–Kier alpha value is -1.42. The number of thiazole rings is 1. The SMILES string of the molecule is Cc1cc(N)cnc1Cc1nc(C(C)(C)C)cs1. The molecule has 2 aromatic rings. The van der Waals surface area contributed by atoms with E-state index in [2.05, 4.69) is 36.1 Å². The first-order chi connectivity index (χ1) is 8.36. The molecule has 2 N–H and O–H groups in total. The van der Waals surface area contributed by atoms with Crippen molar-refractivity contribution in [2.45, 2.75) is 39.5 Å². The standard InChI is InChI=1S/C14H19N3S/c1-9-5-10(15)7-16-11(9)6-13-17-12(8-18-13)14(2,3)4/h5,7-8H,6,15H2,1-4H3.